The Balaban J connectivity index is 2.67. The molecule has 0 aliphatic carbocycles. The van der Waals surface area contributed by atoms with Crippen molar-refractivity contribution in [3.63, 3.8) is 0 Å². The van der Waals surface area contributed by atoms with Crippen molar-refractivity contribution in [3.05, 3.63) is 54.4 Å². The van der Waals surface area contributed by atoms with Crippen molar-refractivity contribution in [2.75, 3.05) is 6.23 Å². The van der Waals surface area contributed by atoms with Crippen LogP contribution in [-0.4, -0.2) is 19.5 Å². The van der Waals surface area contributed by atoms with E-state index in [-0.39, 0.29) is 0 Å². The van der Waals surface area contributed by atoms with Crippen LogP contribution in [0.4, 0.5) is 0 Å². The SMILES string of the molecule is C=C[Si](C)(C=C)COc1ccc(C(=O)Cl)cc1. The zero-order valence-electron chi connectivity index (χ0n) is 9.78. The highest BCUT2D eigenvalue weighted by Gasteiger charge is 2.19. The van der Waals surface area contributed by atoms with Crippen molar-refractivity contribution < 1.29 is 9.53 Å². The minimum Gasteiger partial charge on any atom is -0.496 e. The molecule has 90 valence electrons. The van der Waals surface area contributed by atoms with E-state index >= 15 is 0 Å². The van der Waals surface area contributed by atoms with E-state index in [2.05, 4.69) is 19.7 Å². The molecule has 0 heterocycles. The Labute approximate surface area is 108 Å². The molecular weight excluding hydrogens is 252 g/mol. The van der Waals surface area contributed by atoms with Crippen LogP contribution in [0.5, 0.6) is 5.75 Å². The second-order valence-electron chi connectivity index (χ2n) is 4.00. The summed E-state index contributed by atoms with van der Waals surface area (Å²) in [5.74, 6) is 0.717. The number of benzene rings is 1. The van der Waals surface area contributed by atoms with Gasteiger partial charge in [-0.1, -0.05) is 17.9 Å². The van der Waals surface area contributed by atoms with E-state index in [9.17, 15) is 4.79 Å². The predicted octanol–water partition coefficient (Wildman–Crippen LogP) is 3.51. The van der Waals surface area contributed by atoms with Gasteiger partial charge in [0.05, 0.1) is 6.23 Å². The maximum absolute atomic E-state index is 10.9. The van der Waals surface area contributed by atoms with Gasteiger partial charge in [0.1, 0.15) is 13.8 Å². The largest absolute Gasteiger partial charge is 0.496 e. The lowest BCUT2D eigenvalue weighted by Gasteiger charge is -2.18. The Hall–Kier alpha value is -1.32. The lowest BCUT2D eigenvalue weighted by atomic mass is 10.2. The van der Waals surface area contributed by atoms with Gasteiger partial charge in [0.25, 0.3) is 5.24 Å². The van der Waals surface area contributed by atoms with Gasteiger partial charge in [0.15, 0.2) is 0 Å². The molecule has 0 saturated carbocycles. The molecule has 1 aromatic rings. The molecule has 1 rings (SSSR count). The lowest BCUT2D eigenvalue weighted by Crippen LogP contribution is -2.33. The summed E-state index contributed by atoms with van der Waals surface area (Å²) in [7, 11) is -1.70. The fourth-order valence-corrected chi connectivity index (χ4v) is 2.13. The summed E-state index contributed by atoms with van der Waals surface area (Å²) in [5, 5.41) is -0.465. The molecule has 1 aromatic carbocycles. The predicted molar refractivity (Wildman–Crippen MR) is 74.1 cm³/mol. The minimum atomic E-state index is -1.70. The van der Waals surface area contributed by atoms with Crippen LogP contribution in [0.2, 0.25) is 6.55 Å². The van der Waals surface area contributed by atoms with Crippen molar-refractivity contribution in [2.45, 2.75) is 6.55 Å². The number of halogens is 1. The Morgan fingerprint density at radius 1 is 1.35 bits per heavy atom. The van der Waals surface area contributed by atoms with Crippen LogP contribution in [0.25, 0.3) is 0 Å². The Morgan fingerprint density at radius 2 is 1.88 bits per heavy atom. The standard InChI is InChI=1S/C13H15ClO2Si/c1-4-17(3,5-2)10-16-12-8-6-11(7-9-12)13(14)15/h4-9H,1-2,10H2,3H3. The molecule has 0 fully saturated rings. The first-order valence-electron chi connectivity index (χ1n) is 5.20. The second-order valence-corrected chi connectivity index (χ2v) is 8.46. The Kier molecular flexibility index (Phi) is 4.72. The molecule has 2 nitrogen and oxygen atoms in total. The molecule has 0 spiro atoms. The Morgan fingerprint density at radius 3 is 2.29 bits per heavy atom. The number of carbonyl (C=O) groups excluding carboxylic acids is 1. The van der Waals surface area contributed by atoms with E-state index in [1.54, 1.807) is 24.3 Å². The van der Waals surface area contributed by atoms with Gasteiger partial charge in [0.2, 0.25) is 0 Å². The quantitative estimate of drug-likeness (QED) is 0.582. The topological polar surface area (TPSA) is 26.3 Å². The number of carbonyl (C=O) groups is 1. The van der Waals surface area contributed by atoms with Crippen molar-refractivity contribution in [1.29, 1.82) is 0 Å². The summed E-state index contributed by atoms with van der Waals surface area (Å²) in [6.45, 7) is 9.72. The van der Waals surface area contributed by atoms with Gasteiger partial charge in [-0.25, -0.2) is 0 Å². The van der Waals surface area contributed by atoms with Gasteiger partial charge < -0.3 is 4.74 Å². The summed E-state index contributed by atoms with van der Waals surface area (Å²) >= 11 is 5.35. The molecule has 0 saturated heterocycles. The number of rotatable bonds is 6. The normalized spacial score (nSPS) is 10.7. The molecular formula is C13H15ClO2Si. The monoisotopic (exact) mass is 266 g/mol. The number of ether oxygens (including phenoxy) is 1. The highest BCUT2D eigenvalue weighted by molar-refractivity contribution is 6.87. The van der Waals surface area contributed by atoms with E-state index in [1.165, 1.54) is 0 Å². The average molecular weight is 267 g/mol. The maximum atomic E-state index is 10.9. The van der Waals surface area contributed by atoms with E-state index in [0.717, 1.165) is 0 Å². The van der Waals surface area contributed by atoms with E-state index in [0.29, 0.717) is 17.5 Å². The van der Waals surface area contributed by atoms with Crippen LogP contribution in [0, 0.1) is 0 Å². The van der Waals surface area contributed by atoms with Gasteiger partial charge in [-0.3, -0.25) is 4.79 Å². The van der Waals surface area contributed by atoms with Crippen LogP contribution in [0.15, 0.2) is 48.8 Å². The molecule has 17 heavy (non-hydrogen) atoms. The zero-order valence-corrected chi connectivity index (χ0v) is 11.5. The molecule has 0 aliphatic rings. The van der Waals surface area contributed by atoms with Crippen molar-refractivity contribution in [1.82, 2.24) is 0 Å². The summed E-state index contributed by atoms with van der Waals surface area (Å²) in [5.41, 5.74) is 4.32. The van der Waals surface area contributed by atoms with Crippen LogP contribution in [0.1, 0.15) is 10.4 Å². The van der Waals surface area contributed by atoms with Gasteiger partial charge in [-0.15, -0.1) is 13.2 Å². The first-order valence-corrected chi connectivity index (χ1v) is 8.44. The minimum absolute atomic E-state index is 0.464. The van der Waals surface area contributed by atoms with Gasteiger partial charge >= 0.3 is 0 Å². The summed E-state index contributed by atoms with van der Waals surface area (Å²) in [6.07, 6.45) is 0.591. The highest BCUT2D eigenvalue weighted by Crippen LogP contribution is 2.15. The summed E-state index contributed by atoms with van der Waals surface area (Å²) in [6, 6.07) is 6.75. The molecule has 0 amide bonds. The number of hydrogen-bond acceptors (Lipinski definition) is 2. The van der Waals surface area contributed by atoms with Gasteiger partial charge in [-0.2, -0.15) is 0 Å². The molecule has 4 heteroatoms. The molecule has 0 unspecified atom stereocenters. The third-order valence-electron chi connectivity index (χ3n) is 2.56. The summed E-state index contributed by atoms with van der Waals surface area (Å²) in [4.78, 5) is 10.9. The third kappa shape index (κ3) is 3.87. The van der Waals surface area contributed by atoms with Crippen molar-refractivity contribution in [3.8, 4) is 5.75 Å². The van der Waals surface area contributed by atoms with Crippen LogP contribution >= 0.6 is 11.6 Å². The summed E-state index contributed by atoms with van der Waals surface area (Å²) < 4.78 is 5.65. The van der Waals surface area contributed by atoms with E-state index in [1.807, 2.05) is 11.4 Å². The lowest BCUT2D eigenvalue weighted by molar-refractivity contribution is 0.108. The van der Waals surface area contributed by atoms with Crippen LogP contribution in [0.3, 0.4) is 0 Å². The molecule has 0 N–H and O–H groups in total. The molecule has 0 atom stereocenters. The van der Waals surface area contributed by atoms with Gasteiger partial charge in [-0.05, 0) is 35.9 Å². The highest BCUT2D eigenvalue weighted by atomic mass is 35.5. The first-order chi connectivity index (χ1) is 8.00. The fourth-order valence-electron chi connectivity index (χ4n) is 1.12. The van der Waals surface area contributed by atoms with Crippen LogP contribution in [-0.2, 0) is 0 Å². The van der Waals surface area contributed by atoms with Crippen molar-refractivity contribution in [2.24, 2.45) is 0 Å². The molecule has 0 radical (unpaired) electrons. The van der Waals surface area contributed by atoms with Gasteiger partial charge in [0, 0.05) is 5.56 Å². The Bertz CT molecular complexity index is 418. The van der Waals surface area contributed by atoms with E-state index < -0.39 is 13.3 Å². The fraction of sp³-hybridized carbons (Fsp3) is 0.154. The molecule has 0 aliphatic heterocycles. The first kappa shape index (κ1) is 13.7. The maximum Gasteiger partial charge on any atom is 0.252 e. The number of hydrogen-bond donors (Lipinski definition) is 0. The van der Waals surface area contributed by atoms with E-state index in [4.69, 9.17) is 16.3 Å². The average Bonchev–Trinajstić information content (AvgIpc) is 2.36. The third-order valence-corrected chi connectivity index (χ3v) is 5.41. The molecule has 0 aromatic heterocycles. The zero-order chi connectivity index (χ0) is 12.9. The smallest absolute Gasteiger partial charge is 0.252 e. The second kappa shape index (κ2) is 5.84. The van der Waals surface area contributed by atoms with Crippen LogP contribution < -0.4 is 4.74 Å². The van der Waals surface area contributed by atoms with Crippen molar-refractivity contribution >= 4 is 24.9 Å². The molecule has 0 bridgehead atoms.